The molecule has 0 saturated heterocycles. The molecule has 2 rings (SSSR count). The third-order valence-electron chi connectivity index (χ3n) is 3.71. The van der Waals surface area contributed by atoms with Crippen molar-refractivity contribution in [2.45, 2.75) is 37.3 Å². The summed E-state index contributed by atoms with van der Waals surface area (Å²) in [6.07, 6.45) is 1.58. The molecule has 0 fully saturated rings. The second-order valence-electron chi connectivity index (χ2n) is 6.19. The number of anilines is 1. The van der Waals surface area contributed by atoms with Crippen LogP contribution in [0.3, 0.4) is 0 Å². The zero-order chi connectivity index (χ0) is 21.8. The van der Waals surface area contributed by atoms with E-state index in [4.69, 9.17) is 14.9 Å². The van der Waals surface area contributed by atoms with Crippen LogP contribution in [0.4, 0.5) is 5.69 Å². The maximum atomic E-state index is 11.4. The summed E-state index contributed by atoms with van der Waals surface area (Å²) < 4.78 is 5.58. The van der Waals surface area contributed by atoms with E-state index in [1.165, 1.54) is 11.8 Å². The summed E-state index contributed by atoms with van der Waals surface area (Å²) in [6.45, 7) is 4.91. The van der Waals surface area contributed by atoms with Crippen molar-refractivity contribution in [2.75, 3.05) is 24.2 Å². The Morgan fingerprint density at radius 3 is 2.55 bits per heavy atom. The number of carbonyl (C=O) groups excluding carboxylic acids is 1. The number of benzene rings is 1. The van der Waals surface area contributed by atoms with Crippen molar-refractivity contribution in [1.29, 1.82) is 0 Å². The smallest absolute Gasteiger partial charge is 0.328 e. The molecule has 2 unspecified atom stereocenters. The summed E-state index contributed by atoms with van der Waals surface area (Å²) in [5, 5.41) is 31.6. The van der Waals surface area contributed by atoms with Crippen molar-refractivity contribution >= 4 is 35.3 Å². The summed E-state index contributed by atoms with van der Waals surface area (Å²) in [4.78, 5) is 31.5. The monoisotopic (exact) mass is 426 g/mol. The Labute approximate surface area is 173 Å². The van der Waals surface area contributed by atoms with Crippen molar-refractivity contribution in [3.8, 4) is 5.75 Å². The Morgan fingerprint density at radius 1 is 1.31 bits per heavy atom. The lowest BCUT2D eigenvalue weighted by atomic mass is 10.2. The molecule has 0 radical (unpaired) electrons. The Morgan fingerprint density at radius 2 is 1.97 bits per heavy atom. The summed E-state index contributed by atoms with van der Waals surface area (Å²) in [5.74, 6) is -1.41. The highest BCUT2D eigenvalue weighted by Gasteiger charge is 2.16. The molecular weight excluding hydrogens is 400 g/mol. The zero-order valence-corrected chi connectivity index (χ0v) is 17.1. The minimum Gasteiger partial charge on any atom is -0.491 e. The molecule has 0 aliphatic carbocycles. The van der Waals surface area contributed by atoms with E-state index in [-0.39, 0.29) is 12.5 Å². The van der Waals surface area contributed by atoms with E-state index in [1.54, 1.807) is 6.07 Å². The maximum absolute atomic E-state index is 11.4. The highest BCUT2D eigenvalue weighted by Crippen LogP contribution is 2.34. The highest BCUT2D eigenvalue weighted by atomic mass is 32.2. The fourth-order valence-electron chi connectivity index (χ4n) is 2.03. The van der Waals surface area contributed by atoms with Crippen LogP contribution in [0.15, 0.2) is 35.2 Å². The number of carboxylic acids is 2. The van der Waals surface area contributed by atoms with Crippen molar-refractivity contribution in [1.82, 2.24) is 5.32 Å². The first kappa shape index (κ1) is 24.5. The molecule has 0 spiro atoms. The molecule has 0 saturated carbocycles. The standard InChI is InChI=1S/C15H22N2O3S.C4H4O4/c1-3-10(2)16-7-11(18)8-20-12-4-5-14-13(6-12)17-15(19)9-21-14;5-3(6)1-2-4(7)8/h4-6,10-11,16,18H,3,7-9H2,1-2H3,(H,17,19);1-2H,(H,5,6)(H,7,8)/b;2-1+. The fourth-order valence-corrected chi connectivity index (χ4v) is 2.82. The molecule has 29 heavy (non-hydrogen) atoms. The number of hydrogen-bond donors (Lipinski definition) is 5. The number of hydrogen-bond acceptors (Lipinski definition) is 7. The SMILES string of the molecule is CCC(C)NCC(O)COc1ccc2c(c1)NC(=O)CS2.O=C(O)/C=C/C(=O)O. The molecule has 1 aliphatic heterocycles. The molecule has 0 bridgehead atoms. The van der Waals surface area contributed by atoms with Crippen molar-refractivity contribution in [2.24, 2.45) is 0 Å². The van der Waals surface area contributed by atoms with Gasteiger partial charge in [-0.1, -0.05) is 6.92 Å². The van der Waals surface area contributed by atoms with Crippen LogP contribution < -0.4 is 15.4 Å². The second kappa shape index (κ2) is 12.8. The van der Waals surface area contributed by atoms with Gasteiger partial charge in [-0.15, -0.1) is 11.8 Å². The van der Waals surface area contributed by atoms with Gasteiger partial charge in [0.05, 0.1) is 11.4 Å². The molecule has 1 amide bonds. The number of ether oxygens (including phenoxy) is 1. The number of rotatable bonds is 9. The van der Waals surface area contributed by atoms with Crippen LogP contribution in [-0.2, 0) is 14.4 Å². The lowest BCUT2D eigenvalue weighted by Crippen LogP contribution is -2.36. The largest absolute Gasteiger partial charge is 0.491 e. The molecule has 10 heteroatoms. The third-order valence-corrected chi connectivity index (χ3v) is 4.78. The quantitative estimate of drug-likeness (QED) is 0.371. The first-order valence-corrected chi connectivity index (χ1v) is 9.94. The van der Waals surface area contributed by atoms with E-state index in [0.717, 1.165) is 17.0 Å². The molecule has 1 aromatic rings. The summed E-state index contributed by atoms with van der Waals surface area (Å²) in [5.41, 5.74) is 0.779. The van der Waals surface area contributed by atoms with Gasteiger partial charge < -0.3 is 30.7 Å². The Hall–Kier alpha value is -2.56. The van der Waals surface area contributed by atoms with Crippen LogP contribution in [0.1, 0.15) is 20.3 Å². The number of carbonyl (C=O) groups is 3. The number of fused-ring (bicyclic) bond motifs is 1. The summed E-state index contributed by atoms with van der Waals surface area (Å²) in [7, 11) is 0. The topological polar surface area (TPSA) is 145 Å². The van der Waals surface area contributed by atoms with E-state index >= 15 is 0 Å². The molecular formula is C19H26N2O7S. The Balaban J connectivity index is 0.000000447. The van der Waals surface area contributed by atoms with E-state index in [1.807, 2.05) is 12.1 Å². The van der Waals surface area contributed by atoms with Crippen LogP contribution in [0.5, 0.6) is 5.75 Å². The Bertz CT molecular complexity index is 723. The summed E-state index contributed by atoms with van der Waals surface area (Å²) >= 11 is 1.52. The molecule has 5 N–H and O–H groups in total. The number of carboxylic acid groups (broad SMARTS) is 2. The van der Waals surface area contributed by atoms with Crippen LogP contribution >= 0.6 is 11.8 Å². The maximum Gasteiger partial charge on any atom is 0.328 e. The van der Waals surface area contributed by atoms with E-state index in [9.17, 15) is 19.5 Å². The fraction of sp³-hybridized carbons (Fsp3) is 0.421. The Kier molecular flexibility index (Phi) is 10.8. The van der Waals surface area contributed by atoms with Crippen molar-refractivity contribution in [3.63, 3.8) is 0 Å². The zero-order valence-electron chi connectivity index (χ0n) is 16.3. The molecule has 160 valence electrons. The van der Waals surface area contributed by atoms with Crippen LogP contribution in [-0.4, -0.2) is 64.2 Å². The van der Waals surface area contributed by atoms with Gasteiger partial charge in [0.1, 0.15) is 18.5 Å². The molecule has 1 heterocycles. The lowest BCUT2D eigenvalue weighted by Gasteiger charge is -2.19. The van der Waals surface area contributed by atoms with Gasteiger partial charge in [0.2, 0.25) is 5.91 Å². The molecule has 2 atom stereocenters. The van der Waals surface area contributed by atoms with Gasteiger partial charge in [-0.2, -0.15) is 0 Å². The van der Waals surface area contributed by atoms with Gasteiger partial charge in [0.25, 0.3) is 0 Å². The van der Waals surface area contributed by atoms with Gasteiger partial charge in [0, 0.05) is 35.7 Å². The van der Waals surface area contributed by atoms with Gasteiger partial charge >= 0.3 is 11.9 Å². The minimum atomic E-state index is -1.26. The number of aliphatic hydroxyl groups excluding tert-OH is 1. The number of nitrogens with one attached hydrogen (secondary N) is 2. The average molecular weight is 426 g/mol. The first-order valence-electron chi connectivity index (χ1n) is 8.96. The van der Waals surface area contributed by atoms with Gasteiger partial charge in [-0.05, 0) is 25.5 Å². The molecule has 9 nitrogen and oxygen atoms in total. The summed E-state index contributed by atoms with van der Waals surface area (Å²) in [6, 6.07) is 5.97. The van der Waals surface area contributed by atoms with E-state index in [2.05, 4.69) is 24.5 Å². The van der Waals surface area contributed by atoms with Crippen molar-refractivity contribution < 1.29 is 34.4 Å². The average Bonchev–Trinajstić information content (AvgIpc) is 2.68. The number of thioether (sulfide) groups is 1. The van der Waals surface area contributed by atoms with Gasteiger partial charge in [0.15, 0.2) is 0 Å². The molecule has 1 aromatic carbocycles. The van der Waals surface area contributed by atoms with Crippen LogP contribution in [0.25, 0.3) is 0 Å². The number of aliphatic hydroxyl groups is 1. The van der Waals surface area contributed by atoms with Gasteiger partial charge in [-0.25, -0.2) is 9.59 Å². The third kappa shape index (κ3) is 10.5. The van der Waals surface area contributed by atoms with Gasteiger partial charge in [-0.3, -0.25) is 4.79 Å². The van der Waals surface area contributed by atoms with Crippen LogP contribution in [0, 0.1) is 0 Å². The predicted molar refractivity (Wildman–Crippen MR) is 109 cm³/mol. The van der Waals surface area contributed by atoms with E-state index in [0.29, 0.717) is 36.2 Å². The lowest BCUT2D eigenvalue weighted by molar-refractivity contribution is -0.134. The van der Waals surface area contributed by atoms with Crippen molar-refractivity contribution in [3.05, 3.63) is 30.4 Å². The second-order valence-corrected chi connectivity index (χ2v) is 7.20. The number of aliphatic carboxylic acids is 2. The molecule has 1 aliphatic rings. The van der Waals surface area contributed by atoms with E-state index < -0.39 is 18.0 Å². The van der Waals surface area contributed by atoms with Crippen LogP contribution in [0.2, 0.25) is 0 Å². The number of amides is 1. The highest BCUT2D eigenvalue weighted by molar-refractivity contribution is 8.00. The molecule has 0 aromatic heterocycles. The normalized spacial score (nSPS) is 14.8. The first-order chi connectivity index (χ1) is 13.7. The minimum absolute atomic E-state index is 0.00226. The predicted octanol–water partition coefficient (Wildman–Crippen LogP) is 1.57.